The number of carbonyl (C=O) groups is 1. The first kappa shape index (κ1) is 9.38. The van der Waals surface area contributed by atoms with Crippen molar-refractivity contribution in [2.45, 2.75) is 6.92 Å². The van der Waals surface area contributed by atoms with Gasteiger partial charge >= 0.3 is 6.03 Å². The Hall–Kier alpha value is -1.71. The first-order valence-electron chi connectivity index (χ1n) is 3.98. The Labute approximate surface area is 77.1 Å². The third-order valence-corrected chi connectivity index (χ3v) is 1.75. The fourth-order valence-corrected chi connectivity index (χ4v) is 0.947. The zero-order valence-corrected chi connectivity index (χ0v) is 7.72. The lowest BCUT2D eigenvalue weighted by molar-refractivity contribution is 0.254. The molecular formula is C9H13N3O. The van der Waals surface area contributed by atoms with Gasteiger partial charge in [0.15, 0.2) is 0 Å². The zero-order valence-electron chi connectivity index (χ0n) is 7.72. The summed E-state index contributed by atoms with van der Waals surface area (Å²) in [6.07, 6.45) is 0. The van der Waals surface area contributed by atoms with Crippen molar-refractivity contribution in [2.75, 3.05) is 18.1 Å². The maximum Gasteiger partial charge on any atom is 0.318 e. The van der Waals surface area contributed by atoms with Gasteiger partial charge in [-0.1, -0.05) is 0 Å². The van der Waals surface area contributed by atoms with Crippen LogP contribution in [0.3, 0.4) is 0 Å². The van der Waals surface area contributed by atoms with E-state index in [9.17, 15) is 4.79 Å². The Morgan fingerprint density at radius 1 is 1.46 bits per heavy atom. The largest absolute Gasteiger partial charge is 0.399 e. The molecule has 0 bridgehead atoms. The van der Waals surface area contributed by atoms with Gasteiger partial charge in [-0.25, -0.2) is 4.79 Å². The van der Waals surface area contributed by atoms with Gasteiger partial charge in [0.25, 0.3) is 0 Å². The molecule has 2 amide bonds. The lowest BCUT2D eigenvalue weighted by Crippen LogP contribution is -2.24. The fraction of sp³-hybridized carbons (Fsp3) is 0.222. The van der Waals surface area contributed by atoms with Crippen molar-refractivity contribution in [1.82, 2.24) is 5.32 Å². The molecule has 0 aliphatic rings. The van der Waals surface area contributed by atoms with Crippen LogP contribution < -0.4 is 16.4 Å². The van der Waals surface area contributed by atoms with E-state index in [-0.39, 0.29) is 6.03 Å². The molecule has 4 N–H and O–H groups in total. The molecule has 0 saturated heterocycles. The molecular weight excluding hydrogens is 166 g/mol. The van der Waals surface area contributed by atoms with Crippen molar-refractivity contribution >= 4 is 17.4 Å². The highest BCUT2D eigenvalue weighted by molar-refractivity contribution is 5.89. The summed E-state index contributed by atoms with van der Waals surface area (Å²) in [6.45, 7) is 1.89. The molecule has 0 aliphatic carbocycles. The molecule has 1 rings (SSSR count). The molecule has 0 saturated carbocycles. The molecule has 1 aromatic carbocycles. The second-order valence-electron chi connectivity index (χ2n) is 2.78. The van der Waals surface area contributed by atoms with Crippen LogP contribution in [-0.4, -0.2) is 13.1 Å². The summed E-state index contributed by atoms with van der Waals surface area (Å²) in [5.74, 6) is 0. The minimum atomic E-state index is -0.232. The number of nitrogens with two attached hydrogens (primary N) is 1. The van der Waals surface area contributed by atoms with Crippen LogP contribution in [0.1, 0.15) is 5.56 Å². The van der Waals surface area contributed by atoms with Crippen molar-refractivity contribution in [1.29, 1.82) is 0 Å². The van der Waals surface area contributed by atoms with Crippen LogP contribution in [0.5, 0.6) is 0 Å². The maximum atomic E-state index is 10.9. The predicted octanol–water partition coefficient (Wildman–Crippen LogP) is 1.33. The van der Waals surface area contributed by atoms with Crippen LogP contribution in [0.15, 0.2) is 18.2 Å². The van der Waals surface area contributed by atoms with Gasteiger partial charge in [0.2, 0.25) is 0 Å². The van der Waals surface area contributed by atoms with Gasteiger partial charge < -0.3 is 16.4 Å². The van der Waals surface area contributed by atoms with Crippen molar-refractivity contribution in [3.8, 4) is 0 Å². The Balaban J connectivity index is 2.79. The molecule has 0 unspecified atom stereocenters. The number of hydrogen-bond donors (Lipinski definition) is 3. The summed E-state index contributed by atoms with van der Waals surface area (Å²) >= 11 is 0. The Morgan fingerprint density at radius 2 is 2.15 bits per heavy atom. The Kier molecular flexibility index (Phi) is 2.74. The normalized spacial score (nSPS) is 9.38. The molecule has 0 fully saturated rings. The third-order valence-electron chi connectivity index (χ3n) is 1.75. The number of aryl methyl sites for hydroxylation is 1. The molecule has 4 heteroatoms. The van der Waals surface area contributed by atoms with E-state index in [0.717, 1.165) is 16.9 Å². The molecule has 70 valence electrons. The molecule has 0 aromatic heterocycles. The summed E-state index contributed by atoms with van der Waals surface area (Å²) in [4.78, 5) is 10.9. The molecule has 0 aliphatic heterocycles. The van der Waals surface area contributed by atoms with Crippen LogP contribution in [0, 0.1) is 6.92 Å². The van der Waals surface area contributed by atoms with Gasteiger partial charge in [0, 0.05) is 18.4 Å². The van der Waals surface area contributed by atoms with E-state index in [1.54, 1.807) is 19.2 Å². The Morgan fingerprint density at radius 3 is 2.69 bits per heavy atom. The number of benzene rings is 1. The highest BCUT2D eigenvalue weighted by Crippen LogP contribution is 2.16. The first-order chi connectivity index (χ1) is 6.13. The SMILES string of the molecule is CNC(=O)Nc1ccc(N)c(C)c1. The average Bonchev–Trinajstić information content (AvgIpc) is 2.11. The minimum absolute atomic E-state index is 0.232. The average molecular weight is 179 g/mol. The molecule has 0 atom stereocenters. The number of rotatable bonds is 1. The Bertz CT molecular complexity index is 323. The number of anilines is 2. The fourth-order valence-electron chi connectivity index (χ4n) is 0.947. The van der Waals surface area contributed by atoms with Crippen LogP contribution in [0.4, 0.5) is 16.2 Å². The summed E-state index contributed by atoms with van der Waals surface area (Å²) < 4.78 is 0. The van der Waals surface area contributed by atoms with Gasteiger partial charge in [0.1, 0.15) is 0 Å². The molecule has 0 radical (unpaired) electrons. The van der Waals surface area contributed by atoms with Gasteiger partial charge in [-0.3, -0.25) is 0 Å². The molecule has 0 spiro atoms. The standard InChI is InChI=1S/C9H13N3O/c1-6-5-7(3-4-8(6)10)12-9(13)11-2/h3-5H,10H2,1-2H3,(H2,11,12,13). The summed E-state index contributed by atoms with van der Waals surface area (Å²) in [5, 5.41) is 5.12. The second kappa shape index (κ2) is 3.80. The zero-order chi connectivity index (χ0) is 9.84. The third kappa shape index (κ3) is 2.37. The van der Waals surface area contributed by atoms with Crippen molar-refractivity contribution in [2.24, 2.45) is 0 Å². The summed E-state index contributed by atoms with van der Waals surface area (Å²) in [7, 11) is 1.57. The number of nitrogen functional groups attached to an aromatic ring is 1. The van der Waals surface area contributed by atoms with E-state index in [4.69, 9.17) is 5.73 Å². The first-order valence-corrected chi connectivity index (χ1v) is 3.98. The smallest absolute Gasteiger partial charge is 0.318 e. The second-order valence-corrected chi connectivity index (χ2v) is 2.78. The number of nitrogens with one attached hydrogen (secondary N) is 2. The summed E-state index contributed by atoms with van der Waals surface area (Å²) in [6, 6.07) is 5.12. The molecule has 1 aromatic rings. The minimum Gasteiger partial charge on any atom is -0.399 e. The van der Waals surface area contributed by atoms with E-state index in [0.29, 0.717) is 0 Å². The summed E-state index contributed by atoms with van der Waals surface area (Å²) in [5.41, 5.74) is 8.04. The number of urea groups is 1. The highest BCUT2D eigenvalue weighted by atomic mass is 16.2. The van der Waals surface area contributed by atoms with E-state index >= 15 is 0 Å². The van der Waals surface area contributed by atoms with Gasteiger partial charge in [-0.2, -0.15) is 0 Å². The molecule has 13 heavy (non-hydrogen) atoms. The monoisotopic (exact) mass is 179 g/mol. The number of amides is 2. The molecule has 0 heterocycles. The lowest BCUT2D eigenvalue weighted by Gasteiger charge is -2.06. The van der Waals surface area contributed by atoms with Crippen LogP contribution in [0.25, 0.3) is 0 Å². The van der Waals surface area contributed by atoms with Gasteiger partial charge in [0.05, 0.1) is 0 Å². The van der Waals surface area contributed by atoms with Crippen molar-refractivity contribution < 1.29 is 4.79 Å². The predicted molar refractivity (Wildman–Crippen MR) is 53.7 cm³/mol. The van der Waals surface area contributed by atoms with E-state index in [1.807, 2.05) is 13.0 Å². The van der Waals surface area contributed by atoms with E-state index in [2.05, 4.69) is 10.6 Å². The molecule has 4 nitrogen and oxygen atoms in total. The van der Waals surface area contributed by atoms with E-state index < -0.39 is 0 Å². The van der Waals surface area contributed by atoms with Gasteiger partial charge in [-0.15, -0.1) is 0 Å². The topological polar surface area (TPSA) is 67.2 Å². The quantitative estimate of drug-likeness (QED) is 0.569. The van der Waals surface area contributed by atoms with E-state index in [1.165, 1.54) is 0 Å². The maximum absolute atomic E-state index is 10.9. The number of hydrogen-bond acceptors (Lipinski definition) is 2. The van der Waals surface area contributed by atoms with Crippen LogP contribution in [-0.2, 0) is 0 Å². The number of carbonyl (C=O) groups excluding carboxylic acids is 1. The van der Waals surface area contributed by atoms with Crippen molar-refractivity contribution in [3.05, 3.63) is 23.8 Å². The highest BCUT2D eigenvalue weighted by Gasteiger charge is 1.99. The van der Waals surface area contributed by atoms with Crippen LogP contribution >= 0.6 is 0 Å². The van der Waals surface area contributed by atoms with Crippen LogP contribution in [0.2, 0.25) is 0 Å². The lowest BCUT2D eigenvalue weighted by atomic mass is 10.2. The van der Waals surface area contributed by atoms with Gasteiger partial charge in [-0.05, 0) is 30.7 Å². The van der Waals surface area contributed by atoms with Crippen molar-refractivity contribution in [3.63, 3.8) is 0 Å².